The highest BCUT2D eigenvalue weighted by Crippen LogP contribution is 2.20. The highest BCUT2D eigenvalue weighted by molar-refractivity contribution is 6.30. The van der Waals surface area contributed by atoms with Crippen LogP contribution in [0.5, 0.6) is 0 Å². The average Bonchev–Trinajstić information content (AvgIpc) is 2.30. The van der Waals surface area contributed by atoms with Crippen LogP contribution in [0.25, 0.3) is 0 Å². The fourth-order valence-electron chi connectivity index (χ4n) is 1.63. The number of rotatable bonds is 6. The quantitative estimate of drug-likeness (QED) is 0.824. The van der Waals surface area contributed by atoms with Crippen molar-refractivity contribution in [1.82, 2.24) is 5.32 Å². The first-order valence-corrected chi connectivity index (χ1v) is 5.77. The maximum atomic E-state index is 13.3. The maximum Gasteiger partial charge on any atom is 0.142 e. The topological polar surface area (TPSA) is 41.5 Å². The second-order valence-electron chi connectivity index (χ2n) is 3.93. The smallest absolute Gasteiger partial charge is 0.142 e. The summed E-state index contributed by atoms with van der Waals surface area (Å²) in [5.74, 6) is -0.483. The molecule has 0 bridgehead atoms. The zero-order valence-corrected chi connectivity index (χ0v) is 10.7. The Balaban J connectivity index is 2.75. The Labute approximate surface area is 106 Å². The van der Waals surface area contributed by atoms with Crippen molar-refractivity contribution in [3.05, 3.63) is 34.6 Å². The molecule has 1 aromatic rings. The molecule has 1 aromatic carbocycles. The van der Waals surface area contributed by atoms with Crippen molar-refractivity contribution >= 4 is 11.6 Å². The number of benzene rings is 1. The van der Waals surface area contributed by atoms with Crippen LogP contribution in [-0.4, -0.2) is 31.5 Å². The van der Waals surface area contributed by atoms with Gasteiger partial charge in [-0.1, -0.05) is 17.7 Å². The Bertz CT molecular complexity index is 362. The molecular weight excluding hydrogens is 245 g/mol. The van der Waals surface area contributed by atoms with E-state index < -0.39 is 5.82 Å². The summed E-state index contributed by atoms with van der Waals surface area (Å²) in [6.45, 7) is 2.33. The Morgan fingerprint density at radius 1 is 1.53 bits per heavy atom. The van der Waals surface area contributed by atoms with Crippen molar-refractivity contribution < 1.29 is 14.2 Å². The van der Waals surface area contributed by atoms with Crippen LogP contribution >= 0.6 is 11.6 Å². The monoisotopic (exact) mass is 261 g/mol. The first-order valence-electron chi connectivity index (χ1n) is 5.39. The van der Waals surface area contributed by atoms with Gasteiger partial charge in [0.25, 0.3) is 0 Å². The van der Waals surface area contributed by atoms with E-state index in [-0.39, 0.29) is 23.7 Å². The summed E-state index contributed by atoms with van der Waals surface area (Å²) >= 11 is 5.61. The molecule has 2 N–H and O–H groups in total. The van der Waals surface area contributed by atoms with Gasteiger partial charge in [0.15, 0.2) is 0 Å². The molecule has 0 aromatic heterocycles. The highest BCUT2D eigenvalue weighted by atomic mass is 35.5. The van der Waals surface area contributed by atoms with E-state index in [1.54, 1.807) is 13.2 Å². The molecular formula is C12H17ClFNO2. The summed E-state index contributed by atoms with van der Waals surface area (Å²) in [6.07, 6.45) is 0. The van der Waals surface area contributed by atoms with Gasteiger partial charge in [0.05, 0.1) is 24.3 Å². The molecule has 0 aliphatic heterocycles. The zero-order chi connectivity index (χ0) is 12.8. The fraction of sp³-hybridized carbons (Fsp3) is 0.500. The van der Waals surface area contributed by atoms with E-state index in [2.05, 4.69) is 5.32 Å². The van der Waals surface area contributed by atoms with Crippen LogP contribution in [0.3, 0.4) is 0 Å². The van der Waals surface area contributed by atoms with Gasteiger partial charge in [-0.25, -0.2) is 4.39 Å². The normalized spacial score (nSPS) is 14.6. The largest absolute Gasteiger partial charge is 0.394 e. The minimum absolute atomic E-state index is 0.0656. The van der Waals surface area contributed by atoms with E-state index in [0.717, 1.165) is 0 Å². The number of halogens is 2. The van der Waals surface area contributed by atoms with Crippen molar-refractivity contribution in [2.24, 2.45) is 0 Å². The third-order valence-electron chi connectivity index (χ3n) is 2.43. The van der Waals surface area contributed by atoms with E-state index >= 15 is 0 Å². The number of ether oxygens (including phenoxy) is 1. The van der Waals surface area contributed by atoms with Crippen LogP contribution in [-0.2, 0) is 4.74 Å². The maximum absolute atomic E-state index is 13.3. The number of aliphatic hydroxyl groups excluding tert-OH is 1. The van der Waals surface area contributed by atoms with E-state index in [9.17, 15) is 9.50 Å². The highest BCUT2D eigenvalue weighted by Gasteiger charge is 2.14. The van der Waals surface area contributed by atoms with Crippen LogP contribution < -0.4 is 5.32 Å². The van der Waals surface area contributed by atoms with Crippen molar-refractivity contribution in [3.63, 3.8) is 0 Å². The van der Waals surface area contributed by atoms with Crippen LogP contribution in [0, 0.1) is 5.82 Å². The van der Waals surface area contributed by atoms with Crippen LogP contribution in [0.1, 0.15) is 18.5 Å². The molecule has 0 saturated carbocycles. The molecule has 0 saturated heterocycles. The van der Waals surface area contributed by atoms with Crippen molar-refractivity contribution in [2.75, 3.05) is 20.3 Å². The zero-order valence-electron chi connectivity index (χ0n) is 9.91. The van der Waals surface area contributed by atoms with Gasteiger partial charge in [0.1, 0.15) is 5.82 Å². The van der Waals surface area contributed by atoms with Crippen LogP contribution in [0.15, 0.2) is 18.2 Å². The molecule has 2 unspecified atom stereocenters. The lowest BCUT2D eigenvalue weighted by molar-refractivity contribution is 0.154. The molecule has 0 heterocycles. The Hall–Kier alpha value is -0.680. The van der Waals surface area contributed by atoms with E-state index in [4.69, 9.17) is 16.3 Å². The standard InChI is InChI=1S/C12H17ClFNO2/c1-8(7-17-2)15-12(6-16)9-3-4-10(13)11(14)5-9/h3-5,8,12,15-16H,6-7H2,1-2H3. The van der Waals surface area contributed by atoms with Gasteiger partial charge in [-0.15, -0.1) is 0 Å². The van der Waals surface area contributed by atoms with Gasteiger partial charge in [-0.2, -0.15) is 0 Å². The first kappa shape index (κ1) is 14.4. The third-order valence-corrected chi connectivity index (χ3v) is 2.74. The SMILES string of the molecule is COCC(C)NC(CO)c1ccc(Cl)c(F)c1. The predicted octanol–water partition coefficient (Wildman–Crippen LogP) is 2.14. The molecule has 5 heteroatoms. The summed E-state index contributed by atoms with van der Waals surface area (Å²) in [5.41, 5.74) is 0.664. The van der Waals surface area contributed by atoms with Gasteiger partial charge in [-0.3, -0.25) is 0 Å². The lowest BCUT2D eigenvalue weighted by Gasteiger charge is -2.21. The lowest BCUT2D eigenvalue weighted by atomic mass is 10.1. The van der Waals surface area contributed by atoms with Gasteiger partial charge in [0.2, 0.25) is 0 Å². The summed E-state index contributed by atoms with van der Waals surface area (Å²) in [7, 11) is 1.61. The number of methoxy groups -OCH3 is 1. The average molecular weight is 262 g/mol. The first-order chi connectivity index (χ1) is 8.08. The molecule has 2 atom stereocenters. The Morgan fingerprint density at radius 3 is 2.76 bits per heavy atom. The summed E-state index contributed by atoms with van der Waals surface area (Å²) in [4.78, 5) is 0. The summed E-state index contributed by atoms with van der Waals surface area (Å²) < 4.78 is 18.3. The molecule has 3 nitrogen and oxygen atoms in total. The van der Waals surface area contributed by atoms with Gasteiger partial charge in [-0.05, 0) is 24.6 Å². The second-order valence-corrected chi connectivity index (χ2v) is 4.34. The molecule has 0 radical (unpaired) electrons. The molecule has 0 spiro atoms. The Kier molecular flexibility index (Phi) is 5.85. The number of aliphatic hydroxyl groups is 1. The minimum atomic E-state index is -0.483. The molecule has 96 valence electrons. The molecule has 0 aliphatic carbocycles. The molecule has 0 aliphatic rings. The number of hydrogen-bond acceptors (Lipinski definition) is 3. The fourth-order valence-corrected chi connectivity index (χ4v) is 1.74. The number of nitrogens with one attached hydrogen (secondary N) is 1. The third kappa shape index (κ3) is 4.24. The molecule has 17 heavy (non-hydrogen) atoms. The lowest BCUT2D eigenvalue weighted by Crippen LogP contribution is -2.35. The van der Waals surface area contributed by atoms with Gasteiger partial charge >= 0.3 is 0 Å². The Morgan fingerprint density at radius 2 is 2.24 bits per heavy atom. The van der Waals surface area contributed by atoms with Gasteiger partial charge < -0.3 is 15.2 Å². The van der Waals surface area contributed by atoms with Crippen molar-refractivity contribution in [2.45, 2.75) is 19.0 Å². The minimum Gasteiger partial charge on any atom is -0.394 e. The molecule has 0 fully saturated rings. The van der Waals surface area contributed by atoms with E-state index in [1.807, 2.05) is 6.92 Å². The molecule has 0 amide bonds. The van der Waals surface area contributed by atoms with Gasteiger partial charge in [0, 0.05) is 13.2 Å². The van der Waals surface area contributed by atoms with Crippen LogP contribution in [0.4, 0.5) is 4.39 Å². The molecule has 1 rings (SSSR count). The van der Waals surface area contributed by atoms with E-state index in [1.165, 1.54) is 12.1 Å². The van der Waals surface area contributed by atoms with Crippen molar-refractivity contribution in [1.29, 1.82) is 0 Å². The summed E-state index contributed by atoms with van der Waals surface area (Å²) in [5, 5.41) is 12.5. The van der Waals surface area contributed by atoms with Crippen LogP contribution in [0.2, 0.25) is 5.02 Å². The summed E-state index contributed by atoms with van der Waals surface area (Å²) in [6, 6.07) is 4.24. The second kappa shape index (κ2) is 6.91. The predicted molar refractivity (Wildman–Crippen MR) is 65.7 cm³/mol. The van der Waals surface area contributed by atoms with E-state index in [0.29, 0.717) is 12.2 Å². The van der Waals surface area contributed by atoms with Crippen molar-refractivity contribution in [3.8, 4) is 0 Å². The number of hydrogen-bond donors (Lipinski definition) is 2.